The van der Waals surface area contributed by atoms with Crippen molar-refractivity contribution < 1.29 is 24.2 Å². The van der Waals surface area contributed by atoms with Gasteiger partial charge in [0, 0.05) is 5.56 Å². The minimum absolute atomic E-state index is 0.0633. The molecule has 0 saturated heterocycles. The Bertz CT molecular complexity index is 635. The van der Waals surface area contributed by atoms with Gasteiger partial charge in [0.25, 0.3) is 0 Å². The molecule has 0 bridgehead atoms. The third-order valence-corrected chi connectivity index (χ3v) is 2.78. The van der Waals surface area contributed by atoms with Gasteiger partial charge in [0.15, 0.2) is 0 Å². The molecule has 5 heteroatoms. The quantitative estimate of drug-likeness (QED) is 0.518. The van der Waals surface area contributed by atoms with E-state index in [9.17, 15) is 9.59 Å². The number of carbonyl (C=O) groups is 2. The fourth-order valence-corrected chi connectivity index (χ4v) is 1.78. The summed E-state index contributed by atoms with van der Waals surface area (Å²) in [6.07, 6.45) is 0. The van der Waals surface area contributed by atoms with E-state index in [1.807, 2.05) is 0 Å². The number of aliphatic hydroxyl groups excluding tert-OH is 1. The SMILES string of the molecule is CC(C)(C)OC(=O)C(C#Cc1ccc(CO)cc1)C(=O)OC(C)(C)C. The van der Waals surface area contributed by atoms with Crippen molar-refractivity contribution in [3.8, 4) is 11.8 Å². The highest BCUT2D eigenvalue weighted by molar-refractivity contribution is 5.98. The molecular weight excluding hydrogens is 320 g/mol. The lowest BCUT2D eigenvalue weighted by Crippen LogP contribution is -2.36. The van der Waals surface area contributed by atoms with Gasteiger partial charge in [-0.15, -0.1) is 0 Å². The maximum Gasteiger partial charge on any atom is 0.333 e. The molecule has 1 aromatic rings. The maximum absolute atomic E-state index is 12.3. The fraction of sp³-hybridized carbons (Fsp3) is 0.500. The number of hydrogen-bond acceptors (Lipinski definition) is 5. The first kappa shape index (κ1) is 20.7. The Labute approximate surface area is 149 Å². The fourth-order valence-electron chi connectivity index (χ4n) is 1.78. The molecule has 0 saturated carbocycles. The normalized spacial score (nSPS) is 11.5. The van der Waals surface area contributed by atoms with E-state index in [1.165, 1.54) is 0 Å². The average Bonchev–Trinajstić information content (AvgIpc) is 2.44. The highest BCUT2D eigenvalue weighted by atomic mass is 16.6. The summed E-state index contributed by atoms with van der Waals surface area (Å²) < 4.78 is 10.6. The van der Waals surface area contributed by atoms with Gasteiger partial charge < -0.3 is 14.6 Å². The van der Waals surface area contributed by atoms with Crippen molar-refractivity contribution in [2.45, 2.75) is 59.4 Å². The van der Waals surface area contributed by atoms with Gasteiger partial charge >= 0.3 is 11.9 Å². The summed E-state index contributed by atoms with van der Waals surface area (Å²) in [6, 6.07) is 6.86. The molecule has 0 spiro atoms. The van der Waals surface area contributed by atoms with Crippen LogP contribution in [0.5, 0.6) is 0 Å². The van der Waals surface area contributed by atoms with E-state index in [1.54, 1.807) is 65.8 Å². The molecule has 0 aliphatic carbocycles. The lowest BCUT2D eigenvalue weighted by atomic mass is 10.1. The molecule has 0 aliphatic heterocycles. The van der Waals surface area contributed by atoms with Crippen molar-refractivity contribution in [1.82, 2.24) is 0 Å². The van der Waals surface area contributed by atoms with E-state index in [0.29, 0.717) is 5.56 Å². The molecule has 0 aromatic heterocycles. The number of rotatable bonds is 3. The largest absolute Gasteiger partial charge is 0.459 e. The van der Waals surface area contributed by atoms with Crippen molar-refractivity contribution in [1.29, 1.82) is 0 Å². The standard InChI is InChI=1S/C20H26O5/c1-19(2,3)24-17(22)16(18(23)25-20(4,5)6)12-11-14-7-9-15(13-21)10-8-14/h7-10,16,21H,13H2,1-6H3. The van der Waals surface area contributed by atoms with Crippen molar-refractivity contribution >= 4 is 11.9 Å². The molecule has 0 unspecified atom stereocenters. The summed E-state index contributed by atoms with van der Waals surface area (Å²) >= 11 is 0. The summed E-state index contributed by atoms with van der Waals surface area (Å²) in [6.45, 7) is 10.3. The number of aliphatic hydroxyl groups is 1. The van der Waals surface area contributed by atoms with Crippen LogP contribution in [-0.4, -0.2) is 28.2 Å². The van der Waals surface area contributed by atoms with E-state index in [2.05, 4.69) is 11.8 Å². The Morgan fingerprint density at radius 2 is 1.40 bits per heavy atom. The van der Waals surface area contributed by atoms with E-state index >= 15 is 0 Å². The molecule has 0 aliphatic rings. The summed E-state index contributed by atoms with van der Waals surface area (Å²) in [7, 11) is 0. The van der Waals surface area contributed by atoms with Crippen LogP contribution in [0.25, 0.3) is 0 Å². The van der Waals surface area contributed by atoms with Crippen LogP contribution < -0.4 is 0 Å². The molecule has 0 amide bonds. The maximum atomic E-state index is 12.3. The Morgan fingerprint density at radius 3 is 1.76 bits per heavy atom. The van der Waals surface area contributed by atoms with Crippen LogP contribution in [0.1, 0.15) is 52.7 Å². The zero-order valence-electron chi connectivity index (χ0n) is 15.7. The first-order valence-electron chi connectivity index (χ1n) is 8.08. The lowest BCUT2D eigenvalue weighted by molar-refractivity contribution is -0.171. The van der Waals surface area contributed by atoms with Crippen LogP contribution >= 0.6 is 0 Å². The zero-order chi connectivity index (χ0) is 19.3. The molecule has 25 heavy (non-hydrogen) atoms. The zero-order valence-corrected chi connectivity index (χ0v) is 15.7. The molecule has 0 heterocycles. The van der Waals surface area contributed by atoms with Crippen molar-refractivity contribution in [3.63, 3.8) is 0 Å². The Hall–Kier alpha value is -2.32. The first-order valence-corrected chi connectivity index (χ1v) is 8.08. The van der Waals surface area contributed by atoms with Crippen LogP contribution in [0.15, 0.2) is 24.3 Å². The van der Waals surface area contributed by atoms with Gasteiger partial charge in [0.2, 0.25) is 5.92 Å². The summed E-state index contributed by atoms with van der Waals surface area (Å²) in [5, 5.41) is 9.05. The van der Waals surface area contributed by atoms with Gasteiger partial charge in [0.05, 0.1) is 6.61 Å². The average molecular weight is 346 g/mol. The topological polar surface area (TPSA) is 72.8 Å². The van der Waals surface area contributed by atoms with Gasteiger partial charge in [-0.1, -0.05) is 24.0 Å². The summed E-state index contributed by atoms with van der Waals surface area (Å²) in [5.41, 5.74) is -0.0976. The van der Waals surface area contributed by atoms with E-state index < -0.39 is 29.1 Å². The molecule has 1 rings (SSSR count). The summed E-state index contributed by atoms with van der Waals surface area (Å²) in [4.78, 5) is 24.7. The van der Waals surface area contributed by atoms with Gasteiger partial charge in [0.1, 0.15) is 11.2 Å². The Kier molecular flexibility index (Phi) is 6.78. The second-order valence-electron chi connectivity index (χ2n) is 7.62. The van der Waals surface area contributed by atoms with Crippen LogP contribution in [-0.2, 0) is 25.7 Å². The monoisotopic (exact) mass is 346 g/mol. The molecular formula is C20H26O5. The predicted octanol–water partition coefficient (Wildman–Crippen LogP) is 2.83. The molecule has 0 fully saturated rings. The second kappa shape index (κ2) is 8.17. The number of esters is 2. The minimum Gasteiger partial charge on any atom is -0.459 e. The minimum atomic E-state index is -1.32. The Balaban J connectivity index is 3.07. The molecule has 1 aromatic carbocycles. The van der Waals surface area contributed by atoms with Crippen LogP contribution in [0.2, 0.25) is 0 Å². The van der Waals surface area contributed by atoms with Crippen LogP contribution in [0.3, 0.4) is 0 Å². The summed E-state index contributed by atoms with van der Waals surface area (Å²) in [5.74, 6) is 2.66. The van der Waals surface area contributed by atoms with Crippen molar-refractivity contribution in [3.05, 3.63) is 35.4 Å². The second-order valence-corrected chi connectivity index (χ2v) is 7.62. The van der Waals surface area contributed by atoms with E-state index in [4.69, 9.17) is 14.6 Å². The molecule has 136 valence electrons. The van der Waals surface area contributed by atoms with Gasteiger partial charge in [-0.25, -0.2) is 0 Å². The highest BCUT2D eigenvalue weighted by Gasteiger charge is 2.33. The van der Waals surface area contributed by atoms with Gasteiger partial charge in [-0.05, 0) is 59.2 Å². The van der Waals surface area contributed by atoms with Crippen LogP contribution in [0.4, 0.5) is 0 Å². The number of ether oxygens (including phenoxy) is 2. The van der Waals surface area contributed by atoms with Crippen molar-refractivity contribution in [2.24, 2.45) is 5.92 Å². The van der Waals surface area contributed by atoms with Crippen LogP contribution in [0, 0.1) is 17.8 Å². The molecule has 5 nitrogen and oxygen atoms in total. The number of benzene rings is 1. The molecule has 0 atom stereocenters. The Morgan fingerprint density at radius 1 is 0.960 bits per heavy atom. The highest BCUT2D eigenvalue weighted by Crippen LogP contribution is 2.16. The lowest BCUT2D eigenvalue weighted by Gasteiger charge is -2.24. The predicted molar refractivity (Wildman–Crippen MR) is 94.4 cm³/mol. The molecule has 0 radical (unpaired) electrons. The number of hydrogen-bond donors (Lipinski definition) is 1. The van der Waals surface area contributed by atoms with Gasteiger partial charge in [-0.2, -0.15) is 0 Å². The first-order chi connectivity index (χ1) is 11.4. The van der Waals surface area contributed by atoms with E-state index in [-0.39, 0.29) is 6.61 Å². The van der Waals surface area contributed by atoms with E-state index in [0.717, 1.165) is 5.56 Å². The molecule has 1 N–H and O–H groups in total. The van der Waals surface area contributed by atoms with Crippen molar-refractivity contribution in [2.75, 3.05) is 0 Å². The third-order valence-electron chi connectivity index (χ3n) is 2.78. The smallest absolute Gasteiger partial charge is 0.333 e. The third kappa shape index (κ3) is 7.86. The number of carbonyl (C=O) groups excluding carboxylic acids is 2. The van der Waals surface area contributed by atoms with Gasteiger partial charge in [-0.3, -0.25) is 9.59 Å².